The molecule has 0 saturated heterocycles. The molecule has 1 aliphatic rings. The number of carbonyl (C=O) groups excluding carboxylic acids is 1. The molecule has 0 fully saturated rings. The molecule has 3 heterocycles. The molecule has 1 atom stereocenters. The van der Waals surface area contributed by atoms with Crippen LogP contribution >= 0.6 is 0 Å². The molecule has 4 aromatic rings. The summed E-state index contributed by atoms with van der Waals surface area (Å²) in [5.41, 5.74) is 1.25. The highest BCUT2D eigenvalue weighted by Crippen LogP contribution is 2.33. The van der Waals surface area contributed by atoms with Gasteiger partial charge in [-0.25, -0.2) is 29.0 Å². The molecule has 0 bridgehead atoms. The zero-order valence-electron chi connectivity index (χ0n) is 15.6. The number of nitrogens with zero attached hydrogens (tertiary/aromatic N) is 4. The van der Waals surface area contributed by atoms with E-state index < -0.39 is 23.3 Å². The van der Waals surface area contributed by atoms with Crippen LogP contribution in [0.25, 0.3) is 17.2 Å². The predicted octanol–water partition coefficient (Wildman–Crippen LogP) is -0.124. The van der Waals surface area contributed by atoms with Crippen LogP contribution in [0.5, 0.6) is 0 Å². The van der Waals surface area contributed by atoms with E-state index in [0.29, 0.717) is 24.2 Å². The second-order valence-electron chi connectivity index (χ2n) is 6.92. The Labute approximate surface area is 170 Å². The van der Waals surface area contributed by atoms with Crippen molar-refractivity contribution in [2.45, 2.75) is 18.9 Å². The molecular weight excluding hydrogens is 410 g/mol. The normalized spacial score (nSPS) is 15.2. The first kappa shape index (κ1) is 18.5. The summed E-state index contributed by atoms with van der Waals surface area (Å²) in [6.45, 7) is 0. The molecule has 0 radical (unpaired) electrons. The van der Waals surface area contributed by atoms with Gasteiger partial charge in [0.05, 0.1) is 6.04 Å². The van der Waals surface area contributed by atoms with Crippen molar-refractivity contribution in [3.05, 3.63) is 67.8 Å². The Morgan fingerprint density at radius 3 is 2.81 bits per heavy atom. The summed E-state index contributed by atoms with van der Waals surface area (Å²) in [6.07, 6.45) is 1.30. The van der Waals surface area contributed by atoms with E-state index in [2.05, 4.69) is 35.0 Å². The van der Waals surface area contributed by atoms with Crippen LogP contribution in [0.4, 0.5) is 0 Å². The van der Waals surface area contributed by atoms with Crippen molar-refractivity contribution in [2.24, 2.45) is 0 Å². The molecular formula is C18H13N7O6. The van der Waals surface area contributed by atoms with Crippen molar-refractivity contribution in [3.63, 3.8) is 0 Å². The van der Waals surface area contributed by atoms with Crippen molar-refractivity contribution in [1.82, 2.24) is 35.0 Å². The third kappa shape index (κ3) is 3.17. The van der Waals surface area contributed by atoms with Gasteiger partial charge in [-0.05, 0) is 30.0 Å². The van der Waals surface area contributed by atoms with Gasteiger partial charge >= 0.3 is 17.4 Å². The molecule has 0 spiro atoms. The van der Waals surface area contributed by atoms with Crippen molar-refractivity contribution < 1.29 is 19.2 Å². The lowest BCUT2D eigenvalue weighted by Crippen LogP contribution is -2.28. The molecule has 0 aliphatic heterocycles. The van der Waals surface area contributed by atoms with Crippen molar-refractivity contribution in [3.8, 4) is 11.4 Å². The van der Waals surface area contributed by atoms with Gasteiger partial charge in [-0.1, -0.05) is 17.3 Å². The van der Waals surface area contributed by atoms with Gasteiger partial charge < -0.3 is 10.4 Å². The number of benzene rings is 1. The minimum Gasteiger partial charge on any atom is -0.477 e. The molecule has 3 aromatic heterocycles. The molecule has 0 saturated carbocycles. The second-order valence-corrected chi connectivity index (χ2v) is 6.92. The minimum absolute atomic E-state index is 0.172. The summed E-state index contributed by atoms with van der Waals surface area (Å²) in [4.78, 5) is 56.9. The molecule has 4 N–H and O–H groups in total. The van der Waals surface area contributed by atoms with E-state index in [0.717, 1.165) is 21.7 Å². The molecule has 5 rings (SSSR count). The topological polar surface area (TPSA) is 188 Å². The molecule has 156 valence electrons. The fourth-order valence-electron chi connectivity index (χ4n) is 3.66. The van der Waals surface area contributed by atoms with Crippen LogP contribution in [0, 0.1) is 0 Å². The number of carbonyl (C=O) groups is 2. The molecule has 1 unspecified atom stereocenters. The van der Waals surface area contributed by atoms with Gasteiger partial charge in [-0.15, -0.1) is 0 Å². The van der Waals surface area contributed by atoms with Crippen LogP contribution < -0.4 is 16.8 Å². The van der Waals surface area contributed by atoms with Gasteiger partial charge in [0.1, 0.15) is 5.69 Å². The largest absolute Gasteiger partial charge is 0.477 e. The number of fused-ring (bicyclic) bond motifs is 2. The van der Waals surface area contributed by atoms with E-state index in [-0.39, 0.29) is 23.2 Å². The smallest absolute Gasteiger partial charge is 0.439 e. The number of aromatic amines is 2. The van der Waals surface area contributed by atoms with Gasteiger partial charge in [0.15, 0.2) is 11.5 Å². The number of aromatic nitrogens is 6. The number of aromatic carboxylic acids is 1. The minimum atomic E-state index is -1.35. The van der Waals surface area contributed by atoms with Crippen LogP contribution in [0.2, 0.25) is 0 Å². The van der Waals surface area contributed by atoms with E-state index in [1.54, 1.807) is 6.07 Å². The van der Waals surface area contributed by atoms with Crippen LogP contribution in [0.1, 0.15) is 44.6 Å². The van der Waals surface area contributed by atoms with Crippen LogP contribution in [-0.4, -0.2) is 46.7 Å². The van der Waals surface area contributed by atoms with Crippen molar-refractivity contribution in [1.29, 1.82) is 0 Å². The Bertz CT molecular complexity index is 1480. The number of nitrogens with one attached hydrogen (secondary N) is 3. The molecule has 1 aliphatic carbocycles. The number of hydrogen-bond donors (Lipinski definition) is 4. The Kier molecular flexibility index (Phi) is 4.03. The third-order valence-corrected chi connectivity index (χ3v) is 5.04. The molecule has 1 amide bonds. The van der Waals surface area contributed by atoms with Gasteiger partial charge in [-0.3, -0.25) is 14.3 Å². The Balaban J connectivity index is 1.43. The second kappa shape index (κ2) is 6.76. The lowest BCUT2D eigenvalue weighted by molar-refractivity contribution is 0.0687. The van der Waals surface area contributed by atoms with Gasteiger partial charge in [0.25, 0.3) is 11.7 Å². The van der Waals surface area contributed by atoms with Gasteiger partial charge in [0.2, 0.25) is 0 Å². The predicted molar refractivity (Wildman–Crippen MR) is 102 cm³/mol. The zero-order valence-corrected chi connectivity index (χ0v) is 15.6. The first-order chi connectivity index (χ1) is 14.9. The summed E-state index contributed by atoms with van der Waals surface area (Å²) in [5.74, 6) is -2.49. The molecule has 13 heteroatoms. The SMILES string of the molecule is O=C(NC1CCc2cc(-c3noc(=O)[nH]3)ccc21)c1cc(C(=O)O)n2[nH]c(=O)nc2n1. The lowest BCUT2D eigenvalue weighted by atomic mass is 10.0. The lowest BCUT2D eigenvalue weighted by Gasteiger charge is -2.14. The fraction of sp³-hybridized carbons (Fsp3) is 0.167. The number of H-pyrrole nitrogens is 2. The maximum absolute atomic E-state index is 12.8. The number of carboxylic acid groups (broad SMARTS) is 1. The first-order valence-corrected chi connectivity index (χ1v) is 9.12. The number of aryl methyl sites for hydroxylation is 1. The number of hydrogen-bond acceptors (Lipinski definition) is 8. The third-order valence-electron chi connectivity index (χ3n) is 5.04. The highest BCUT2D eigenvalue weighted by Gasteiger charge is 2.26. The number of rotatable bonds is 4. The maximum atomic E-state index is 12.8. The van der Waals surface area contributed by atoms with E-state index in [1.807, 2.05) is 12.1 Å². The quantitative estimate of drug-likeness (QED) is 0.347. The Morgan fingerprint density at radius 1 is 1.23 bits per heavy atom. The monoisotopic (exact) mass is 423 g/mol. The standard InChI is InChI=1S/C18H13N7O6/c26-14(11-6-12(15(27)28)25-16(20-11)22-17(29)23-25)19-10-4-2-7-5-8(1-3-9(7)10)13-21-18(30)31-24-13/h1,3,5-6,10H,2,4H2,(H,19,26)(H,23,29)(H,27,28)(H,21,24,30). The highest BCUT2D eigenvalue weighted by molar-refractivity contribution is 5.96. The Hall–Kier alpha value is -4.55. The molecule has 31 heavy (non-hydrogen) atoms. The van der Waals surface area contributed by atoms with E-state index >= 15 is 0 Å². The average Bonchev–Trinajstić information content (AvgIpc) is 3.44. The fourth-order valence-corrected chi connectivity index (χ4v) is 3.66. The van der Waals surface area contributed by atoms with Crippen molar-refractivity contribution >= 4 is 17.7 Å². The van der Waals surface area contributed by atoms with E-state index in [9.17, 15) is 24.3 Å². The van der Waals surface area contributed by atoms with Gasteiger partial charge in [0, 0.05) is 11.6 Å². The summed E-state index contributed by atoms with van der Waals surface area (Å²) >= 11 is 0. The summed E-state index contributed by atoms with van der Waals surface area (Å²) in [7, 11) is 0. The first-order valence-electron chi connectivity index (χ1n) is 9.12. The molecule has 1 aromatic carbocycles. The van der Waals surface area contributed by atoms with Gasteiger partial charge in [-0.2, -0.15) is 4.98 Å². The van der Waals surface area contributed by atoms with Crippen molar-refractivity contribution in [2.75, 3.05) is 0 Å². The molecule has 13 nitrogen and oxygen atoms in total. The van der Waals surface area contributed by atoms with E-state index in [1.165, 1.54) is 0 Å². The summed E-state index contributed by atoms with van der Waals surface area (Å²) < 4.78 is 5.43. The van der Waals surface area contributed by atoms with Crippen LogP contribution in [0.15, 0.2) is 38.4 Å². The number of amides is 1. The van der Waals surface area contributed by atoms with E-state index in [4.69, 9.17) is 0 Å². The maximum Gasteiger partial charge on any atom is 0.439 e. The Morgan fingerprint density at radius 2 is 2.06 bits per heavy atom. The van der Waals surface area contributed by atoms with Crippen LogP contribution in [-0.2, 0) is 6.42 Å². The average molecular weight is 423 g/mol. The summed E-state index contributed by atoms with van der Waals surface area (Å²) in [6, 6.07) is 6.18. The van der Waals surface area contributed by atoms with Crippen LogP contribution in [0.3, 0.4) is 0 Å². The highest BCUT2D eigenvalue weighted by atomic mass is 16.5. The zero-order chi connectivity index (χ0) is 21.7. The summed E-state index contributed by atoms with van der Waals surface area (Å²) in [5, 5.41) is 18.1. The number of carboxylic acids is 1.